The van der Waals surface area contributed by atoms with Crippen LogP contribution in [0, 0.1) is 5.92 Å². The number of rotatable bonds is 5. The number of nitrogens with zero attached hydrogens (tertiary/aromatic N) is 1. The summed E-state index contributed by atoms with van der Waals surface area (Å²) in [5.41, 5.74) is 0. The molecule has 0 unspecified atom stereocenters. The molecule has 1 aromatic rings. The molecule has 8 heteroatoms. The molecular formula is C13H14F3NO4. The summed E-state index contributed by atoms with van der Waals surface area (Å²) in [4.78, 5) is 23.4. The van der Waals surface area contributed by atoms with Crippen molar-refractivity contribution >= 4 is 11.9 Å². The first-order chi connectivity index (χ1) is 9.76. The largest absolute Gasteiger partial charge is 0.475 e. The normalized spacial score (nSPS) is 15.6. The Morgan fingerprint density at radius 2 is 1.90 bits per heavy atom. The van der Waals surface area contributed by atoms with E-state index >= 15 is 0 Å². The van der Waals surface area contributed by atoms with Crippen molar-refractivity contribution in [3.63, 3.8) is 0 Å². The smallest absolute Gasteiger partial charge is 0.406 e. The quantitative estimate of drug-likeness (QED) is 0.908. The van der Waals surface area contributed by atoms with E-state index < -0.39 is 36.1 Å². The first-order valence-corrected chi connectivity index (χ1v) is 6.45. The summed E-state index contributed by atoms with van der Waals surface area (Å²) >= 11 is 0. The number of carboxylic acid groups (broad SMARTS) is 1. The van der Waals surface area contributed by atoms with Gasteiger partial charge in [0, 0.05) is 6.54 Å². The monoisotopic (exact) mass is 305 g/mol. The van der Waals surface area contributed by atoms with Gasteiger partial charge in [0.15, 0.2) is 5.76 Å². The number of hydrogen-bond acceptors (Lipinski definition) is 3. The maximum Gasteiger partial charge on any atom is 0.406 e. The Balaban J connectivity index is 2.13. The number of alkyl halides is 3. The van der Waals surface area contributed by atoms with Crippen LogP contribution < -0.4 is 0 Å². The molecule has 1 aliphatic carbocycles. The average molecular weight is 305 g/mol. The lowest BCUT2D eigenvalue weighted by molar-refractivity contribution is -0.142. The third-order valence-electron chi connectivity index (χ3n) is 3.39. The van der Waals surface area contributed by atoms with Gasteiger partial charge in [-0.2, -0.15) is 13.2 Å². The van der Waals surface area contributed by atoms with Crippen LogP contribution >= 0.6 is 0 Å². The summed E-state index contributed by atoms with van der Waals surface area (Å²) in [7, 11) is 0. The SMILES string of the molecule is O=C(O)c1ccc(C(=O)N(CC2CCC2)CC(F)(F)F)o1. The third kappa shape index (κ3) is 3.99. The Bertz CT molecular complexity index is 534. The van der Waals surface area contributed by atoms with Gasteiger partial charge in [0.2, 0.25) is 5.76 Å². The highest BCUT2D eigenvalue weighted by molar-refractivity contribution is 5.93. The van der Waals surface area contributed by atoms with Crippen molar-refractivity contribution in [2.24, 2.45) is 5.92 Å². The van der Waals surface area contributed by atoms with Crippen molar-refractivity contribution in [3.05, 3.63) is 23.7 Å². The number of halogens is 3. The van der Waals surface area contributed by atoms with E-state index in [1.54, 1.807) is 0 Å². The molecular weight excluding hydrogens is 291 g/mol. The molecule has 1 N–H and O–H groups in total. The number of amides is 1. The molecule has 0 radical (unpaired) electrons. The summed E-state index contributed by atoms with van der Waals surface area (Å²) in [6, 6.07) is 2.13. The number of aromatic carboxylic acids is 1. The Labute approximate surface area is 118 Å². The van der Waals surface area contributed by atoms with E-state index in [4.69, 9.17) is 9.52 Å². The van der Waals surface area contributed by atoms with Gasteiger partial charge in [0.05, 0.1) is 0 Å². The minimum Gasteiger partial charge on any atom is -0.475 e. The van der Waals surface area contributed by atoms with Crippen LogP contribution in [-0.4, -0.2) is 41.1 Å². The Kier molecular flexibility index (Phi) is 4.24. The first kappa shape index (κ1) is 15.4. The van der Waals surface area contributed by atoms with Crippen molar-refractivity contribution in [2.75, 3.05) is 13.1 Å². The highest BCUT2D eigenvalue weighted by Gasteiger charge is 2.36. The van der Waals surface area contributed by atoms with Crippen LogP contribution in [0.5, 0.6) is 0 Å². The molecule has 1 fully saturated rings. The van der Waals surface area contributed by atoms with E-state index in [2.05, 4.69) is 0 Å². The second-order valence-electron chi connectivity index (χ2n) is 5.07. The van der Waals surface area contributed by atoms with Gasteiger partial charge in [0.1, 0.15) is 6.54 Å². The summed E-state index contributed by atoms with van der Waals surface area (Å²) in [5, 5.41) is 8.70. The van der Waals surface area contributed by atoms with Crippen molar-refractivity contribution in [1.82, 2.24) is 4.90 Å². The van der Waals surface area contributed by atoms with Crippen molar-refractivity contribution in [3.8, 4) is 0 Å². The first-order valence-electron chi connectivity index (χ1n) is 6.45. The van der Waals surface area contributed by atoms with Crippen LogP contribution in [0.4, 0.5) is 13.2 Å². The van der Waals surface area contributed by atoms with Gasteiger partial charge in [-0.25, -0.2) is 4.79 Å². The van der Waals surface area contributed by atoms with Gasteiger partial charge in [-0.3, -0.25) is 4.79 Å². The van der Waals surface area contributed by atoms with Crippen LogP contribution in [0.25, 0.3) is 0 Å². The van der Waals surface area contributed by atoms with Gasteiger partial charge in [-0.15, -0.1) is 0 Å². The Hall–Kier alpha value is -1.99. The molecule has 1 amide bonds. The molecule has 1 aliphatic rings. The second kappa shape index (κ2) is 5.79. The highest BCUT2D eigenvalue weighted by Crippen LogP contribution is 2.29. The lowest BCUT2D eigenvalue weighted by Gasteiger charge is -2.32. The standard InChI is InChI=1S/C13H14F3NO4/c14-13(15,16)7-17(6-8-2-1-3-8)11(18)9-4-5-10(21-9)12(19)20/h4-5,8H,1-3,6-7H2,(H,19,20). The fourth-order valence-electron chi connectivity index (χ4n) is 2.15. The van der Waals surface area contributed by atoms with Gasteiger partial charge in [0.25, 0.3) is 5.91 Å². The van der Waals surface area contributed by atoms with Gasteiger partial charge in [-0.1, -0.05) is 6.42 Å². The molecule has 0 aromatic carbocycles. The number of carbonyl (C=O) groups is 2. The zero-order valence-corrected chi connectivity index (χ0v) is 11.0. The average Bonchev–Trinajstić information content (AvgIpc) is 2.79. The number of hydrogen-bond donors (Lipinski definition) is 1. The fourth-order valence-corrected chi connectivity index (χ4v) is 2.15. The lowest BCUT2D eigenvalue weighted by atomic mass is 9.85. The molecule has 21 heavy (non-hydrogen) atoms. The maximum absolute atomic E-state index is 12.6. The van der Waals surface area contributed by atoms with Gasteiger partial charge in [-0.05, 0) is 30.9 Å². The summed E-state index contributed by atoms with van der Waals surface area (Å²) in [6.07, 6.45) is -1.98. The number of carboxylic acids is 1. The molecule has 116 valence electrons. The van der Waals surface area contributed by atoms with Crippen LogP contribution in [-0.2, 0) is 0 Å². The molecule has 0 spiro atoms. The summed E-state index contributed by atoms with van der Waals surface area (Å²) in [5.74, 6) is -3.13. The van der Waals surface area contributed by atoms with E-state index in [1.807, 2.05) is 0 Å². The number of furan rings is 1. The molecule has 0 saturated heterocycles. The second-order valence-corrected chi connectivity index (χ2v) is 5.07. The summed E-state index contributed by atoms with van der Waals surface area (Å²) < 4.78 is 42.5. The molecule has 5 nitrogen and oxygen atoms in total. The zero-order valence-electron chi connectivity index (χ0n) is 11.0. The van der Waals surface area contributed by atoms with Crippen LogP contribution in [0.15, 0.2) is 16.5 Å². The molecule has 1 heterocycles. The predicted octanol–water partition coefficient (Wildman–Crippen LogP) is 2.78. The Morgan fingerprint density at radius 3 is 2.33 bits per heavy atom. The number of carbonyl (C=O) groups excluding carboxylic acids is 1. The van der Waals surface area contributed by atoms with Crippen LogP contribution in [0.1, 0.15) is 40.4 Å². The highest BCUT2D eigenvalue weighted by atomic mass is 19.4. The van der Waals surface area contributed by atoms with Crippen molar-refractivity contribution in [1.29, 1.82) is 0 Å². The minimum absolute atomic E-state index is 0.00144. The van der Waals surface area contributed by atoms with Crippen molar-refractivity contribution in [2.45, 2.75) is 25.4 Å². The Morgan fingerprint density at radius 1 is 1.29 bits per heavy atom. The molecule has 2 rings (SSSR count). The maximum atomic E-state index is 12.6. The van der Waals surface area contributed by atoms with Crippen LogP contribution in [0.2, 0.25) is 0 Å². The minimum atomic E-state index is -4.51. The molecule has 1 saturated carbocycles. The van der Waals surface area contributed by atoms with E-state index in [0.29, 0.717) is 4.90 Å². The molecule has 0 aliphatic heterocycles. The van der Waals surface area contributed by atoms with E-state index in [0.717, 1.165) is 31.4 Å². The predicted molar refractivity (Wildman–Crippen MR) is 65.0 cm³/mol. The lowest BCUT2D eigenvalue weighted by Crippen LogP contribution is -2.42. The van der Waals surface area contributed by atoms with Crippen molar-refractivity contribution < 1.29 is 32.3 Å². The van der Waals surface area contributed by atoms with Gasteiger partial charge >= 0.3 is 12.1 Å². The van der Waals surface area contributed by atoms with Gasteiger partial charge < -0.3 is 14.4 Å². The van der Waals surface area contributed by atoms with E-state index in [1.165, 1.54) is 0 Å². The summed E-state index contributed by atoms with van der Waals surface area (Å²) in [6.45, 7) is -1.37. The zero-order chi connectivity index (χ0) is 15.6. The topological polar surface area (TPSA) is 70.8 Å². The molecule has 0 atom stereocenters. The van der Waals surface area contributed by atoms with E-state index in [9.17, 15) is 22.8 Å². The van der Waals surface area contributed by atoms with Crippen LogP contribution in [0.3, 0.4) is 0 Å². The molecule has 1 aromatic heterocycles. The van der Waals surface area contributed by atoms with E-state index in [-0.39, 0.29) is 12.5 Å². The fraction of sp³-hybridized carbons (Fsp3) is 0.538. The third-order valence-corrected chi connectivity index (χ3v) is 3.39. The molecule has 0 bridgehead atoms.